The van der Waals surface area contributed by atoms with Gasteiger partial charge in [0.05, 0.1) is 18.1 Å². The molecule has 0 unspecified atom stereocenters. The highest BCUT2D eigenvalue weighted by molar-refractivity contribution is 6.31. The van der Waals surface area contributed by atoms with Crippen LogP contribution in [0.3, 0.4) is 0 Å². The van der Waals surface area contributed by atoms with Gasteiger partial charge in [0.1, 0.15) is 5.69 Å². The molecule has 0 spiro atoms. The molecule has 18 heavy (non-hydrogen) atoms. The normalized spacial score (nSPS) is 10.8. The fourth-order valence-electron chi connectivity index (χ4n) is 1.54. The van der Waals surface area contributed by atoms with Gasteiger partial charge in [-0.3, -0.25) is 9.78 Å². The highest BCUT2D eigenvalue weighted by Gasteiger charge is 2.21. The summed E-state index contributed by atoms with van der Waals surface area (Å²) in [7, 11) is 0. The van der Waals surface area contributed by atoms with Crippen LogP contribution in [0.15, 0.2) is 6.20 Å². The first-order valence-electron chi connectivity index (χ1n) is 5.31. The van der Waals surface area contributed by atoms with E-state index in [4.69, 9.17) is 22.1 Å². The minimum atomic E-state index is -2.76. The summed E-state index contributed by atoms with van der Waals surface area (Å²) in [6.07, 6.45) is -1.86. The number of pyridine rings is 1. The first-order valence-corrected chi connectivity index (χ1v) is 5.69. The number of hydrogen-bond acceptors (Lipinski definition) is 4. The van der Waals surface area contributed by atoms with E-state index in [0.717, 1.165) is 6.20 Å². The number of nitrogens with zero attached hydrogens (tertiary/aromatic N) is 1. The van der Waals surface area contributed by atoms with E-state index in [2.05, 4.69) is 4.98 Å². The van der Waals surface area contributed by atoms with Gasteiger partial charge in [0.2, 0.25) is 0 Å². The molecule has 0 bridgehead atoms. The fraction of sp³-hybridized carbons (Fsp3) is 0.455. The van der Waals surface area contributed by atoms with E-state index in [1.165, 1.54) is 0 Å². The Bertz CT molecular complexity index is 441. The number of aromatic nitrogens is 1. The number of rotatable bonds is 5. The lowest BCUT2D eigenvalue weighted by atomic mass is 10.0. The van der Waals surface area contributed by atoms with E-state index in [1.807, 2.05) is 0 Å². The maximum absolute atomic E-state index is 12.7. The number of carbonyl (C=O) groups excluding carboxylic acids is 1. The molecule has 7 heteroatoms. The number of hydrogen-bond donors (Lipinski definition) is 1. The molecule has 0 aliphatic rings. The lowest BCUT2D eigenvalue weighted by Gasteiger charge is -2.13. The number of alkyl halides is 2. The Balaban J connectivity index is 3.15. The fourth-order valence-corrected chi connectivity index (χ4v) is 1.77. The van der Waals surface area contributed by atoms with Gasteiger partial charge in [-0.2, -0.15) is 0 Å². The number of ether oxygens (including phenoxy) is 1. The minimum Gasteiger partial charge on any atom is -0.466 e. The second-order valence-electron chi connectivity index (χ2n) is 3.44. The van der Waals surface area contributed by atoms with Crippen molar-refractivity contribution in [1.29, 1.82) is 0 Å². The van der Waals surface area contributed by atoms with Crippen molar-refractivity contribution in [1.82, 2.24) is 4.98 Å². The van der Waals surface area contributed by atoms with Crippen LogP contribution in [0.5, 0.6) is 0 Å². The maximum atomic E-state index is 12.7. The highest BCUT2D eigenvalue weighted by atomic mass is 35.5. The third-order valence-electron chi connectivity index (χ3n) is 2.32. The van der Waals surface area contributed by atoms with Crippen LogP contribution < -0.4 is 5.73 Å². The van der Waals surface area contributed by atoms with Gasteiger partial charge in [0.25, 0.3) is 6.43 Å². The number of nitrogens with two attached hydrogens (primary N) is 1. The van der Waals surface area contributed by atoms with E-state index in [9.17, 15) is 13.6 Å². The largest absolute Gasteiger partial charge is 0.466 e. The molecule has 0 amide bonds. The van der Waals surface area contributed by atoms with Crippen LogP contribution in [0.1, 0.15) is 30.2 Å². The molecule has 0 atom stereocenters. The van der Waals surface area contributed by atoms with Crippen LogP contribution in [0, 0.1) is 0 Å². The molecular weight excluding hydrogens is 266 g/mol. The Labute approximate surface area is 108 Å². The molecule has 0 aliphatic carbocycles. The van der Waals surface area contributed by atoms with Crippen LogP contribution in [0.4, 0.5) is 8.78 Å². The quantitative estimate of drug-likeness (QED) is 0.839. The van der Waals surface area contributed by atoms with Gasteiger partial charge in [0, 0.05) is 12.7 Å². The van der Waals surface area contributed by atoms with Crippen molar-refractivity contribution in [3.63, 3.8) is 0 Å². The van der Waals surface area contributed by atoms with Gasteiger partial charge >= 0.3 is 5.97 Å². The molecule has 0 aromatic carbocycles. The third-order valence-corrected chi connectivity index (χ3v) is 2.64. The van der Waals surface area contributed by atoms with Crippen molar-refractivity contribution in [3.8, 4) is 0 Å². The highest BCUT2D eigenvalue weighted by Crippen LogP contribution is 2.28. The molecule has 1 rings (SSSR count). The molecule has 1 aromatic rings. The first kappa shape index (κ1) is 14.8. The summed E-state index contributed by atoms with van der Waals surface area (Å²) in [5.41, 5.74) is 5.34. The third kappa shape index (κ3) is 3.36. The zero-order chi connectivity index (χ0) is 13.7. The van der Waals surface area contributed by atoms with Crippen LogP contribution in [-0.2, 0) is 22.5 Å². The van der Waals surface area contributed by atoms with Gasteiger partial charge < -0.3 is 10.5 Å². The monoisotopic (exact) mass is 278 g/mol. The lowest BCUT2D eigenvalue weighted by molar-refractivity contribution is -0.142. The maximum Gasteiger partial charge on any atom is 0.310 e. The zero-order valence-corrected chi connectivity index (χ0v) is 10.5. The minimum absolute atomic E-state index is 0.102. The molecule has 0 saturated carbocycles. The Hall–Kier alpha value is -1.27. The van der Waals surface area contributed by atoms with Crippen molar-refractivity contribution in [2.45, 2.75) is 26.3 Å². The Kier molecular flexibility index (Phi) is 5.43. The standard InChI is InChI=1S/C11H13ClF2N2O2/c1-2-18-9(17)3-6-7(4-15)10(11(13)14)16-5-8(6)12/h5,11H,2-4,15H2,1H3. The zero-order valence-electron chi connectivity index (χ0n) is 9.75. The Morgan fingerprint density at radius 3 is 2.72 bits per heavy atom. The van der Waals surface area contributed by atoms with Gasteiger partial charge in [-0.25, -0.2) is 8.78 Å². The summed E-state index contributed by atoms with van der Waals surface area (Å²) in [4.78, 5) is 14.9. The van der Waals surface area contributed by atoms with Gasteiger partial charge in [0.15, 0.2) is 0 Å². The van der Waals surface area contributed by atoms with E-state index in [1.54, 1.807) is 6.92 Å². The van der Waals surface area contributed by atoms with E-state index in [0.29, 0.717) is 0 Å². The van der Waals surface area contributed by atoms with E-state index < -0.39 is 18.1 Å². The molecule has 0 fully saturated rings. The summed E-state index contributed by atoms with van der Waals surface area (Å²) in [6, 6.07) is 0. The molecule has 4 nitrogen and oxygen atoms in total. The summed E-state index contributed by atoms with van der Waals surface area (Å²) in [5, 5.41) is 0.132. The molecule has 2 N–H and O–H groups in total. The average Bonchev–Trinajstić information content (AvgIpc) is 2.31. The Morgan fingerprint density at radius 2 is 2.22 bits per heavy atom. The number of esters is 1. The van der Waals surface area contributed by atoms with Crippen molar-refractivity contribution in [2.75, 3.05) is 6.61 Å². The summed E-state index contributed by atoms with van der Waals surface area (Å²) < 4.78 is 30.2. The second-order valence-corrected chi connectivity index (χ2v) is 3.84. The SMILES string of the molecule is CCOC(=O)Cc1c(Cl)cnc(C(F)F)c1CN. The average molecular weight is 279 g/mol. The van der Waals surface area contributed by atoms with Crippen molar-refractivity contribution < 1.29 is 18.3 Å². The second kappa shape index (κ2) is 6.61. The van der Waals surface area contributed by atoms with Crippen LogP contribution in [-0.4, -0.2) is 17.6 Å². The molecule has 0 radical (unpaired) electrons. The van der Waals surface area contributed by atoms with Crippen LogP contribution >= 0.6 is 11.6 Å². The lowest BCUT2D eigenvalue weighted by Crippen LogP contribution is -2.14. The predicted molar refractivity (Wildman–Crippen MR) is 62.4 cm³/mol. The molecule has 100 valence electrons. The molecule has 0 saturated heterocycles. The molecule has 1 aromatic heterocycles. The summed E-state index contributed by atoms with van der Waals surface area (Å²) >= 11 is 5.86. The van der Waals surface area contributed by atoms with Crippen LogP contribution in [0.2, 0.25) is 5.02 Å². The van der Waals surface area contributed by atoms with Crippen LogP contribution in [0.25, 0.3) is 0 Å². The molecule has 0 aliphatic heterocycles. The summed E-state index contributed by atoms with van der Waals surface area (Å²) in [6.45, 7) is 1.70. The first-order chi connectivity index (χ1) is 8.51. The predicted octanol–water partition coefficient (Wildman–Crippen LogP) is 2.24. The van der Waals surface area contributed by atoms with Crippen molar-refractivity contribution in [3.05, 3.63) is 28.0 Å². The smallest absolute Gasteiger partial charge is 0.310 e. The van der Waals surface area contributed by atoms with Gasteiger partial charge in [-0.1, -0.05) is 11.6 Å². The molecular formula is C11H13ClF2N2O2. The van der Waals surface area contributed by atoms with E-state index in [-0.39, 0.29) is 35.7 Å². The Morgan fingerprint density at radius 1 is 1.56 bits per heavy atom. The molecule has 1 heterocycles. The topological polar surface area (TPSA) is 65.2 Å². The van der Waals surface area contributed by atoms with E-state index >= 15 is 0 Å². The number of halogens is 3. The van der Waals surface area contributed by atoms with Crippen molar-refractivity contribution >= 4 is 17.6 Å². The number of carbonyl (C=O) groups is 1. The van der Waals surface area contributed by atoms with Crippen molar-refractivity contribution in [2.24, 2.45) is 5.73 Å². The van der Waals surface area contributed by atoms with Gasteiger partial charge in [-0.05, 0) is 18.1 Å². The van der Waals surface area contributed by atoms with Gasteiger partial charge in [-0.15, -0.1) is 0 Å². The summed E-state index contributed by atoms with van der Waals surface area (Å²) in [5.74, 6) is -0.541.